The lowest BCUT2D eigenvalue weighted by molar-refractivity contribution is 0.746. The van der Waals surface area contributed by atoms with Gasteiger partial charge in [-0.2, -0.15) is 5.10 Å². The maximum Gasteiger partial charge on any atom is 0.139 e. The Morgan fingerprint density at radius 3 is 2.52 bits per heavy atom. The van der Waals surface area contributed by atoms with E-state index in [1.54, 1.807) is 6.33 Å². The first kappa shape index (κ1) is 15.3. The van der Waals surface area contributed by atoms with E-state index in [2.05, 4.69) is 46.5 Å². The molecule has 0 aliphatic heterocycles. The number of hydrogen-bond donors (Lipinski definition) is 2. The third-order valence-corrected chi connectivity index (χ3v) is 3.33. The molecule has 0 saturated carbocycles. The van der Waals surface area contributed by atoms with E-state index in [9.17, 15) is 0 Å². The van der Waals surface area contributed by atoms with Gasteiger partial charge in [0.05, 0.1) is 11.4 Å². The molecule has 0 amide bonds. The summed E-state index contributed by atoms with van der Waals surface area (Å²) >= 11 is 0. The Morgan fingerprint density at radius 1 is 1.10 bits per heavy atom. The summed E-state index contributed by atoms with van der Waals surface area (Å²) in [7, 11) is 1.93. The van der Waals surface area contributed by atoms with Crippen LogP contribution in [-0.2, 0) is 19.9 Å². The quantitative estimate of drug-likeness (QED) is 0.820. The second-order valence-electron chi connectivity index (χ2n) is 4.97. The van der Waals surface area contributed by atoms with Crippen LogP contribution in [0, 0.1) is 0 Å². The Bertz CT molecular complexity index is 590. The van der Waals surface area contributed by atoms with Crippen molar-refractivity contribution in [3.05, 3.63) is 23.8 Å². The van der Waals surface area contributed by atoms with Crippen molar-refractivity contribution in [2.75, 3.05) is 17.2 Å². The molecule has 0 bridgehead atoms. The summed E-state index contributed by atoms with van der Waals surface area (Å²) < 4.78 is 1.82. The highest BCUT2D eigenvalue weighted by molar-refractivity contribution is 5.65. The Morgan fingerprint density at radius 2 is 1.86 bits per heavy atom. The highest BCUT2D eigenvalue weighted by Crippen LogP contribution is 2.25. The number of rotatable bonds is 7. The molecule has 0 aromatic carbocycles. The van der Waals surface area contributed by atoms with Gasteiger partial charge in [-0.25, -0.2) is 9.97 Å². The largest absolute Gasteiger partial charge is 0.370 e. The first-order chi connectivity index (χ1) is 10.2. The lowest BCUT2D eigenvalue weighted by Crippen LogP contribution is -2.08. The van der Waals surface area contributed by atoms with Gasteiger partial charge < -0.3 is 10.6 Å². The van der Waals surface area contributed by atoms with Crippen molar-refractivity contribution in [3.63, 3.8) is 0 Å². The first-order valence-corrected chi connectivity index (χ1v) is 7.56. The van der Waals surface area contributed by atoms with Crippen molar-refractivity contribution >= 4 is 17.3 Å². The Hall–Kier alpha value is -2.11. The molecule has 2 heterocycles. The van der Waals surface area contributed by atoms with Gasteiger partial charge in [-0.1, -0.05) is 20.8 Å². The average Bonchev–Trinajstić information content (AvgIpc) is 2.85. The van der Waals surface area contributed by atoms with E-state index in [1.807, 2.05) is 17.9 Å². The van der Waals surface area contributed by atoms with Crippen molar-refractivity contribution in [2.45, 2.75) is 40.0 Å². The zero-order valence-electron chi connectivity index (χ0n) is 13.3. The molecule has 2 aromatic rings. The van der Waals surface area contributed by atoms with Crippen molar-refractivity contribution < 1.29 is 0 Å². The molecule has 0 radical (unpaired) electrons. The maximum absolute atomic E-state index is 4.45. The molecule has 0 fully saturated rings. The van der Waals surface area contributed by atoms with E-state index in [0.29, 0.717) is 0 Å². The normalized spacial score (nSPS) is 10.7. The number of aromatic nitrogens is 4. The molecule has 114 valence electrons. The second kappa shape index (κ2) is 7.06. The van der Waals surface area contributed by atoms with Crippen LogP contribution in [0.3, 0.4) is 0 Å². The van der Waals surface area contributed by atoms with Gasteiger partial charge in [-0.15, -0.1) is 0 Å². The summed E-state index contributed by atoms with van der Waals surface area (Å²) in [6.45, 7) is 7.27. The molecule has 0 atom stereocenters. The summed E-state index contributed by atoms with van der Waals surface area (Å²) in [5, 5.41) is 11.2. The molecular weight excluding hydrogens is 264 g/mol. The molecule has 0 unspecified atom stereocenters. The molecule has 0 saturated heterocycles. The molecule has 0 aliphatic rings. The van der Waals surface area contributed by atoms with E-state index < -0.39 is 0 Å². The Labute approximate surface area is 126 Å². The van der Waals surface area contributed by atoms with Crippen LogP contribution in [-0.4, -0.2) is 26.3 Å². The molecule has 0 aliphatic carbocycles. The minimum Gasteiger partial charge on any atom is -0.370 e. The summed E-state index contributed by atoms with van der Waals surface area (Å²) in [5.74, 6) is 1.77. The highest BCUT2D eigenvalue weighted by atomic mass is 15.3. The molecule has 0 spiro atoms. The van der Waals surface area contributed by atoms with Gasteiger partial charge in [0.15, 0.2) is 0 Å². The van der Waals surface area contributed by atoms with Crippen LogP contribution in [0.1, 0.15) is 38.4 Å². The van der Waals surface area contributed by atoms with Crippen LogP contribution in [0.5, 0.6) is 0 Å². The molecule has 21 heavy (non-hydrogen) atoms. The lowest BCUT2D eigenvalue weighted by Gasteiger charge is -2.13. The van der Waals surface area contributed by atoms with Crippen molar-refractivity contribution in [1.82, 2.24) is 19.7 Å². The minimum atomic E-state index is 0.855. The highest BCUT2D eigenvalue weighted by Gasteiger charge is 2.12. The Kier molecular flexibility index (Phi) is 5.14. The van der Waals surface area contributed by atoms with Gasteiger partial charge in [0.25, 0.3) is 0 Å². The topological polar surface area (TPSA) is 67.7 Å². The van der Waals surface area contributed by atoms with Gasteiger partial charge in [0, 0.05) is 25.4 Å². The predicted molar refractivity (Wildman–Crippen MR) is 86.1 cm³/mol. The van der Waals surface area contributed by atoms with Crippen LogP contribution in [0.4, 0.5) is 17.3 Å². The number of nitrogens with zero attached hydrogens (tertiary/aromatic N) is 4. The third-order valence-electron chi connectivity index (χ3n) is 3.33. The van der Waals surface area contributed by atoms with Crippen LogP contribution in [0.2, 0.25) is 0 Å². The molecule has 2 aromatic heterocycles. The summed E-state index contributed by atoms with van der Waals surface area (Å²) in [5.41, 5.74) is 3.16. The zero-order valence-corrected chi connectivity index (χ0v) is 13.3. The monoisotopic (exact) mass is 288 g/mol. The number of aryl methyl sites for hydroxylation is 2. The van der Waals surface area contributed by atoms with Gasteiger partial charge in [-0.3, -0.25) is 4.68 Å². The van der Waals surface area contributed by atoms with Gasteiger partial charge in [0.2, 0.25) is 0 Å². The Balaban J connectivity index is 2.30. The summed E-state index contributed by atoms with van der Waals surface area (Å²) in [6, 6.07) is 0. The fraction of sp³-hybridized carbons (Fsp3) is 0.533. The van der Waals surface area contributed by atoms with Gasteiger partial charge in [-0.05, 0) is 19.3 Å². The van der Waals surface area contributed by atoms with Crippen molar-refractivity contribution in [2.24, 2.45) is 7.05 Å². The summed E-state index contributed by atoms with van der Waals surface area (Å²) in [4.78, 5) is 8.75. The molecule has 6 nitrogen and oxygen atoms in total. The van der Waals surface area contributed by atoms with Crippen LogP contribution in [0.15, 0.2) is 12.5 Å². The van der Waals surface area contributed by atoms with E-state index in [4.69, 9.17) is 0 Å². The van der Waals surface area contributed by atoms with Crippen molar-refractivity contribution in [3.8, 4) is 0 Å². The average molecular weight is 288 g/mol. The molecule has 2 rings (SSSR count). The standard InChI is InChI=1S/C15H24N6/c1-5-8-16-14-11(6-2)15(18-10-17-14)19-13-9-21(4)20-12(13)7-3/h9-10H,5-8H2,1-4H3,(H2,16,17,18,19). The molecule has 2 N–H and O–H groups in total. The van der Waals surface area contributed by atoms with E-state index in [1.165, 1.54) is 0 Å². The number of hydrogen-bond acceptors (Lipinski definition) is 5. The maximum atomic E-state index is 4.45. The number of anilines is 3. The third kappa shape index (κ3) is 3.51. The van der Waals surface area contributed by atoms with E-state index in [0.717, 1.165) is 54.4 Å². The smallest absolute Gasteiger partial charge is 0.139 e. The van der Waals surface area contributed by atoms with Crippen LogP contribution < -0.4 is 10.6 Å². The minimum absolute atomic E-state index is 0.855. The fourth-order valence-electron chi connectivity index (χ4n) is 2.28. The number of nitrogens with one attached hydrogen (secondary N) is 2. The van der Waals surface area contributed by atoms with Crippen molar-refractivity contribution in [1.29, 1.82) is 0 Å². The van der Waals surface area contributed by atoms with E-state index >= 15 is 0 Å². The van der Waals surface area contributed by atoms with Crippen LogP contribution in [0.25, 0.3) is 0 Å². The fourth-order valence-corrected chi connectivity index (χ4v) is 2.28. The molecular formula is C15H24N6. The SMILES string of the molecule is CCCNc1ncnc(Nc2cn(C)nc2CC)c1CC. The first-order valence-electron chi connectivity index (χ1n) is 7.56. The second-order valence-corrected chi connectivity index (χ2v) is 4.97. The van der Waals surface area contributed by atoms with Gasteiger partial charge >= 0.3 is 0 Å². The molecule has 6 heteroatoms. The van der Waals surface area contributed by atoms with E-state index in [-0.39, 0.29) is 0 Å². The van der Waals surface area contributed by atoms with Crippen LogP contribution >= 0.6 is 0 Å². The zero-order chi connectivity index (χ0) is 15.2. The predicted octanol–water partition coefficient (Wildman–Crippen LogP) is 2.90. The lowest BCUT2D eigenvalue weighted by atomic mass is 10.2. The van der Waals surface area contributed by atoms with Gasteiger partial charge in [0.1, 0.15) is 18.0 Å². The summed E-state index contributed by atoms with van der Waals surface area (Å²) in [6.07, 6.45) is 6.41.